The second-order valence-electron chi connectivity index (χ2n) is 4.99. The van der Waals surface area contributed by atoms with Crippen LogP contribution in [-0.2, 0) is 9.59 Å². The Labute approximate surface area is 123 Å². The van der Waals surface area contributed by atoms with Crippen LogP contribution >= 0.6 is 0 Å². The Hall–Kier alpha value is -2.11. The van der Waals surface area contributed by atoms with Gasteiger partial charge < -0.3 is 15.4 Å². The van der Waals surface area contributed by atoms with Crippen LogP contribution in [0.25, 0.3) is 0 Å². The van der Waals surface area contributed by atoms with Crippen LogP contribution in [0, 0.1) is 11.7 Å². The van der Waals surface area contributed by atoms with E-state index in [0.717, 1.165) is 0 Å². The van der Waals surface area contributed by atoms with Gasteiger partial charge in [-0.25, -0.2) is 4.39 Å². The maximum Gasteiger partial charge on any atom is 0.242 e. The molecule has 0 aliphatic carbocycles. The third-order valence-corrected chi connectivity index (χ3v) is 2.80. The topological polar surface area (TPSA) is 67.4 Å². The van der Waals surface area contributed by atoms with Crippen molar-refractivity contribution in [3.05, 3.63) is 30.1 Å². The molecule has 2 amide bonds. The molecular weight excluding hydrogens is 275 g/mol. The van der Waals surface area contributed by atoms with E-state index in [9.17, 15) is 14.0 Å². The molecule has 0 saturated heterocycles. The summed E-state index contributed by atoms with van der Waals surface area (Å²) in [5, 5.41) is 5.25. The first-order valence-corrected chi connectivity index (χ1v) is 6.84. The minimum atomic E-state index is -0.587. The molecule has 1 rings (SSSR count). The van der Waals surface area contributed by atoms with Crippen molar-refractivity contribution in [3.63, 3.8) is 0 Å². The van der Waals surface area contributed by atoms with Crippen molar-refractivity contribution >= 4 is 11.8 Å². The van der Waals surface area contributed by atoms with E-state index < -0.39 is 11.9 Å². The van der Waals surface area contributed by atoms with Crippen LogP contribution in [0.15, 0.2) is 24.3 Å². The van der Waals surface area contributed by atoms with E-state index in [2.05, 4.69) is 10.6 Å². The summed E-state index contributed by atoms with van der Waals surface area (Å²) in [5.41, 5.74) is 0. The van der Waals surface area contributed by atoms with Crippen molar-refractivity contribution < 1.29 is 18.7 Å². The molecule has 21 heavy (non-hydrogen) atoms. The maximum atomic E-state index is 13.3. The lowest BCUT2D eigenvalue weighted by atomic mass is 10.0. The van der Waals surface area contributed by atoms with Crippen LogP contribution in [-0.4, -0.2) is 31.0 Å². The van der Waals surface area contributed by atoms with Gasteiger partial charge in [-0.2, -0.15) is 0 Å². The van der Waals surface area contributed by atoms with Crippen molar-refractivity contribution in [2.75, 3.05) is 13.2 Å². The van der Waals surface area contributed by atoms with Gasteiger partial charge in [0.2, 0.25) is 11.8 Å². The standard InChI is InChI=1S/C15H21FN2O3/c1-10(2)14(18-11(3)19)15(20)17-8-9-21-13-7-5-4-6-12(13)16/h4-7,10,14H,8-9H2,1-3H3,(H,17,20)(H,18,19). The quantitative estimate of drug-likeness (QED) is 0.749. The SMILES string of the molecule is CC(=O)NC(C(=O)NCCOc1ccccc1F)C(C)C. The Morgan fingerprint density at radius 3 is 2.52 bits per heavy atom. The summed E-state index contributed by atoms with van der Waals surface area (Å²) in [6.07, 6.45) is 0. The molecule has 0 aliphatic heterocycles. The van der Waals surface area contributed by atoms with Crippen LogP contribution in [0.4, 0.5) is 4.39 Å². The molecule has 5 nitrogen and oxygen atoms in total. The fourth-order valence-electron chi connectivity index (χ4n) is 1.76. The van der Waals surface area contributed by atoms with Gasteiger partial charge in [-0.05, 0) is 18.1 Å². The van der Waals surface area contributed by atoms with Gasteiger partial charge in [-0.15, -0.1) is 0 Å². The minimum absolute atomic E-state index is 0.0265. The lowest BCUT2D eigenvalue weighted by molar-refractivity contribution is -0.129. The van der Waals surface area contributed by atoms with Gasteiger partial charge in [0.1, 0.15) is 12.6 Å². The summed E-state index contributed by atoms with van der Waals surface area (Å²) in [4.78, 5) is 23.0. The molecule has 1 aromatic rings. The second kappa shape index (κ2) is 8.24. The second-order valence-corrected chi connectivity index (χ2v) is 4.99. The van der Waals surface area contributed by atoms with E-state index in [1.54, 1.807) is 12.1 Å². The van der Waals surface area contributed by atoms with Crippen molar-refractivity contribution in [2.24, 2.45) is 5.92 Å². The summed E-state index contributed by atoms with van der Waals surface area (Å²) in [6.45, 7) is 5.43. The predicted octanol–water partition coefficient (Wildman–Crippen LogP) is 1.48. The number of carbonyl (C=O) groups excluding carboxylic acids is 2. The smallest absolute Gasteiger partial charge is 0.242 e. The molecule has 0 heterocycles. The van der Waals surface area contributed by atoms with Crippen LogP contribution in [0.2, 0.25) is 0 Å². The highest BCUT2D eigenvalue weighted by Crippen LogP contribution is 2.14. The van der Waals surface area contributed by atoms with Gasteiger partial charge in [0, 0.05) is 6.92 Å². The van der Waals surface area contributed by atoms with Crippen LogP contribution < -0.4 is 15.4 Å². The van der Waals surface area contributed by atoms with Gasteiger partial charge in [0.15, 0.2) is 11.6 Å². The Morgan fingerprint density at radius 2 is 1.95 bits per heavy atom. The fraction of sp³-hybridized carbons (Fsp3) is 0.467. The first-order chi connectivity index (χ1) is 9.91. The van der Waals surface area contributed by atoms with E-state index in [4.69, 9.17) is 4.74 Å². The van der Waals surface area contributed by atoms with Gasteiger partial charge >= 0.3 is 0 Å². The van der Waals surface area contributed by atoms with Crippen LogP contribution in [0.1, 0.15) is 20.8 Å². The van der Waals surface area contributed by atoms with E-state index >= 15 is 0 Å². The third kappa shape index (κ3) is 5.81. The number of carbonyl (C=O) groups is 2. The number of para-hydroxylation sites is 1. The number of ether oxygens (including phenoxy) is 1. The highest BCUT2D eigenvalue weighted by Gasteiger charge is 2.22. The van der Waals surface area contributed by atoms with Crippen molar-refractivity contribution in [1.82, 2.24) is 10.6 Å². The zero-order chi connectivity index (χ0) is 15.8. The molecule has 0 aromatic heterocycles. The number of amides is 2. The third-order valence-electron chi connectivity index (χ3n) is 2.80. The zero-order valence-corrected chi connectivity index (χ0v) is 12.5. The highest BCUT2D eigenvalue weighted by molar-refractivity contribution is 5.86. The summed E-state index contributed by atoms with van der Waals surface area (Å²) in [5.74, 6) is -0.860. The predicted molar refractivity (Wildman–Crippen MR) is 77.3 cm³/mol. The normalized spacial score (nSPS) is 11.9. The number of rotatable bonds is 7. The van der Waals surface area contributed by atoms with Gasteiger partial charge in [-0.1, -0.05) is 26.0 Å². The average Bonchev–Trinajstić information content (AvgIpc) is 2.42. The number of halogens is 1. The Kier molecular flexibility index (Phi) is 6.65. The highest BCUT2D eigenvalue weighted by atomic mass is 19.1. The lowest BCUT2D eigenvalue weighted by Gasteiger charge is -2.20. The fourth-order valence-corrected chi connectivity index (χ4v) is 1.76. The lowest BCUT2D eigenvalue weighted by Crippen LogP contribution is -2.49. The Balaban J connectivity index is 2.38. The number of hydrogen-bond donors (Lipinski definition) is 2. The molecule has 116 valence electrons. The zero-order valence-electron chi connectivity index (χ0n) is 12.5. The summed E-state index contributed by atoms with van der Waals surface area (Å²) < 4.78 is 18.5. The average molecular weight is 296 g/mol. The first-order valence-electron chi connectivity index (χ1n) is 6.84. The van der Waals surface area contributed by atoms with Crippen LogP contribution in [0.3, 0.4) is 0 Å². The molecule has 0 spiro atoms. The monoisotopic (exact) mass is 296 g/mol. The van der Waals surface area contributed by atoms with Crippen molar-refractivity contribution in [3.8, 4) is 5.75 Å². The molecule has 0 aliphatic rings. The molecule has 2 N–H and O–H groups in total. The number of benzene rings is 1. The van der Waals surface area contributed by atoms with Crippen molar-refractivity contribution in [2.45, 2.75) is 26.8 Å². The first kappa shape index (κ1) is 16.9. The Morgan fingerprint density at radius 1 is 1.29 bits per heavy atom. The molecule has 0 saturated carbocycles. The molecular formula is C15H21FN2O3. The molecule has 1 atom stereocenters. The number of nitrogens with one attached hydrogen (secondary N) is 2. The summed E-state index contributed by atoms with van der Waals surface area (Å²) >= 11 is 0. The summed E-state index contributed by atoms with van der Waals surface area (Å²) in [6, 6.07) is 5.48. The van der Waals surface area contributed by atoms with Gasteiger partial charge in [0.05, 0.1) is 6.54 Å². The largest absolute Gasteiger partial charge is 0.489 e. The van der Waals surface area contributed by atoms with Gasteiger partial charge in [0.25, 0.3) is 0 Å². The van der Waals surface area contributed by atoms with E-state index in [0.29, 0.717) is 0 Å². The number of hydrogen-bond acceptors (Lipinski definition) is 3. The van der Waals surface area contributed by atoms with E-state index in [-0.39, 0.29) is 36.6 Å². The summed E-state index contributed by atoms with van der Waals surface area (Å²) in [7, 11) is 0. The van der Waals surface area contributed by atoms with Gasteiger partial charge in [-0.3, -0.25) is 9.59 Å². The molecule has 0 radical (unpaired) electrons. The van der Waals surface area contributed by atoms with E-state index in [1.165, 1.54) is 19.1 Å². The van der Waals surface area contributed by atoms with Crippen molar-refractivity contribution in [1.29, 1.82) is 0 Å². The van der Waals surface area contributed by atoms with Crippen LogP contribution in [0.5, 0.6) is 5.75 Å². The molecule has 0 fully saturated rings. The molecule has 0 bridgehead atoms. The maximum absolute atomic E-state index is 13.3. The van der Waals surface area contributed by atoms with E-state index in [1.807, 2.05) is 13.8 Å². The molecule has 6 heteroatoms. The molecule has 1 unspecified atom stereocenters. The molecule has 1 aromatic carbocycles. The minimum Gasteiger partial charge on any atom is -0.489 e. The Bertz CT molecular complexity index is 492.